The molecule has 1 aromatic carbocycles. The average Bonchev–Trinajstić information content (AvgIpc) is 2.38. The summed E-state index contributed by atoms with van der Waals surface area (Å²) in [5, 5.41) is 16.1. The van der Waals surface area contributed by atoms with Gasteiger partial charge in [-0.15, -0.1) is 5.10 Å². The number of halogens is 1. The number of ether oxygens (including phenoxy) is 1. The summed E-state index contributed by atoms with van der Waals surface area (Å²) in [5.74, 6) is -0.242. The number of aromatic nitrogens is 2. The normalized spacial score (nSPS) is 9.65. The van der Waals surface area contributed by atoms with Crippen LogP contribution in [-0.2, 0) is 6.61 Å². The number of benzene rings is 1. The summed E-state index contributed by atoms with van der Waals surface area (Å²) in [6, 6.07) is 9.68. The van der Waals surface area contributed by atoms with Crippen LogP contribution >= 0.6 is 0 Å². The SMILES string of the molecule is N#Cc1ccnnc1OCc1ccccc1F. The van der Waals surface area contributed by atoms with Gasteiger partial charge in [-0.05, 0) is 12.1 Å². The van der Waals surface area contributed by atoms with E-state index in [1.165, 1.54) is 18.3 Å². The van der Waals surface area contributed by atoms with Gasteiger partial charge in [0, 0.05) is 5.56 Å². The molecule has 0 N–H and O–H groups in total. The maximum atomic E-state index is 13.3. The molecule has 0 spiro atoms. The van der Waals surface area contributed by atoms with Crippen molar-refractivity contribution in [1.29, 1.82) is 5.26 Å². The van der Waals surface area contributed by atoms with E-state index in [1.54, 1.807) is 18.2 Å². The molecule has 0 aliphatic heterocycles. The van der Waals surface area contributed by atoms with Gasteiger partial charge < -0.3 is 4.74 Å². The number of hydrogen-bond donors (Lipinski definition) is 0. The van der Waals surface area contributed by atoms with Crippen molar-refractivity contribution >= 4 is 0 Å². The lowest BCUT2D eigenvalue weighted by molar-refractivity contribution is 0.283. The second-order valence-electron chi connectivity index (χ2n) is 3.24. The van der Waals surface area contributed by atoms with Crippen LogP contribution in [0.4, 0.5) is 4.39 Å². The molecule has 1 aromatic heterocycles. The highest BCUT2D eigenvalue weighted by molar-refractivity contribution is 5.35. The van der Waals surface area contributed by atoms with Gasteiger partial charge in [0.25, 0.3) is 5.88 Å². The van der Waals surface area contributed by atoms with Crippen LogP contribution in [-0.4, -0.2) is 10.2 Å². The van der Waals surface area contributed by atoms with Crippen molar-refractivity contribution in [3.05, 3.63) is 53.5 Å². The van der Waals surface area contributed by atoms with Crippen LogP contribution < -0.4 is 4.74 Å². The molecule has 0 aliphatic rings. The molecule has 2 rings (SSSR count). The second-order valence-corrected chi connectivity index (χ2v) is 3.24. The smallest absolute Gasteiger partial charge is 0.251 e. The Labute approximate surface area is 97.3 Å². The van der Waals surface area contributed by atoms with Crippen molar-refractivity contribution in [3.8, 4) is 11.9 Å². The third-order valence-electron chi connectivity index (χ3n) is 2.13. The summed E-state index contributed by atoms with van der Waals surface area (Å²) in [6.45, 7) is 0.0139. The summed E-state index contributed by atoms with van der Waals surface area (Å²) >= 11 is 0. The van der Waals surface area contributed by atoms with Gasteiger partial charge in [0.15, 0.2) is 0 Å². The number of nitrogens with zero attached hydrogens (tertiary/aromatic N) is 3. The van der Waals surface area contributed by atoms with E-state index in [4.69, 9.17) is 10.00 Å². The molecule has 0 aliphatic carbocycles. The lowest BCUT2D eigenvalue weighted by atomic mass is 10.2. The first-order valence-corrected chi connectivity index (χ1v) is 4.89. The molecule has 17 heavy (non-hydrogen) atoms. The number of rotatable bonds is 3. The summed E-state index contributed by atoms with van der Waals surface area (Å²) in [4.78, 5) is 0. The average molecular weight is 229 g/mol. The summed E-state index contributed by atoms with van der Waals surface area (Å²) in [6.07, 6.45) is 1.40. The minimum Gasteiger partial charge on any atom is -0.471 e. The molecule has 5 heteroatoms. The molecular weight excluding hydrogens is 221 g/mol. The highest BCUT2D eigenvalue weighted by Crippen LogP contribution is 2.14. The first-order valence-electron chi connectivity index (χ1n) is 4.89. The van der Waals surface area contributed by atoms with Crippen molar-refractivity contribution in [2.24, 2.45) is 0 Å². The van der Waals surface area contributed by atoms with Crippen LogP contribution in [0, 0.1) is 17.1 Å². The van der Waals surface area contributed by atoms with Crippen molar-refractivity contribution in [3.63, 3.8) is 0 Å². The van der Waals surface area contributed by atoms with Gasteiger partial charge in [-0.2, -0.15) is 10.4 Å². The van der Waals surface area contributed by atoms with E-state index in [9.17, 15) is 4.39 Å². The Balaban J connectivity index is 2.13. The fourth-order valence-corrected chi connectivity index (χ4v) is 1.27. The molecular formula is C12H8FN3O. The quantitative estimate of drug-likeness (QED) is 0.808. The van der Waals surface area contributed by atoms with Gasteiger partial charge in [-0.3, -0.25) is 0 Å². The van der Waals surface area contributed by atoms with Gasteiger partial charge in [-0.1, -0.05) is 18.2 Å². The van der Waals surface area contributed by atoms with Crippen molar-refractivity contribution in [1.82, 2.24) is 10.2 Å². The third-order valence-corrected chi connectivity index (χ3v) is 2.13. The lowest BCUT2D eigenvalue weighted by Gasteiger charge is -2.06. The summed E-state index contributed by atoms with van der Waals surface area (Å²) in [7, 11) is 0. The van der Waals surface area contributed by atoms with E-state index in [-0.39, 0.29) is 23.9 Å². The van der Waals surface area contributed by atoms with Crippen molar-refractivity contribution in [2.45, 2.75) is 6.61 Å². The first-order chi connectivity index (χ1) is 8.31. The Hall–Kier alpha value is -2.48. The number of nitriles is 1. The summed E-state index contributed by atoms with van der Waals surface area (Å²) in [5.41, 5.74) is 0.679. The highest BCUT2D eigenvalue weighted by Gasteiger charge is 2.06. The molecule has 0 radical (unpaired) electrons. The molecule has 0 saturated carbocycles. The van der Waals surface area contributed by atoms with Gasteiger partial charge in [0.1, 0.15) is 24.1 Å². The van der Waals surface area contributed by atoms with Crippen LogP contribution in [0.25, 0.3) is 0 Å². The van der Waals surface area contributed by atoms with Gasteiger partial charge in [0.05, 0.1) is 6.20 Å². The Morgan fingerprint density at radius 1 is 1.29 bits per heavy atom. The van der Waals surface area contributed by atoms with Crippen LogP contribution in [0.15, 0.2) is 36.5 Å². The molecule has 84 valence electrons. The van der Waals surface area contributed by atoms with Gasteiger partial charge >= 0.3 is 0 Å². The Morgan fingerprint density at radius 3 is 2.88 bits per heavy atom. The van der Waals surface area contributed by atoms with Crippen LogP contribution in [0.1, 0.15) is 11.1 Å². The largest absolute Gasteiger partial charge is 0.471 e. The first kappa shape index (κ1) is 11.0. The summed E-state index contributed by atoms with van der Waals surface area (Å²) < 4.78 is 18.6. The van der Waals surface area contributed by atoms with Crippen molar-refractivity contribution < 1.29 is 9.13 Å². The molecule has 0 amide bonds. The Kier molecular flexibility index (Phi) is 3.26. The predicted molar refractivity (Wildman–Crippen MR) is 57.5 cm³/mol. The zero-order valence-electron chi connectivity index (χ0n) is 8.80. The second kappa shape index (κ2) is 5.03. The lowest BCUT2D eigenvalue weighted by Crippen LogP contribution is -2.02. The molecule has 4 nitrogen and oxygen atoms in total. The standard InChI is InChI=1S/C12H8FN3O/c13-11-4-2-1-3-10(11)8-17-12-9(7-14)5-6-15-16-12/h1-6H,8H2. The van der Waals surface area contributed by atoms with Crippen molar-refractivity contribution in [2.75, 3.05) is 0 Å². The van der Waals surface area contributed by atoms with E-state index in [2.05, 4.69) is 10.2 Å². The zero-order chi connectivity index (χ0) is 12.1. The minimum absolute atomic E-state index is 0.0139. The zero-order valence-corrected chi connectivity index (χ0v) is 8.80. The Morgan fingerprint density at radius 2 is 2.12 bits per heavy atom. The van der Waals surface area contributed by atoms with E-state index < -0.39 is 0 Å². The fourth-order valence-electron chi connectivity index (χ4n) is 1.27. The number of hydrogen-bond acceptors (Lipinski definition) is 4. The van der Waals surface area contributed by atoms with Crippen LogP contribution in [0.5, 0.6) is 5.88 Å². The molecule has 0 atom stereocenters. The molecule has 0 saturated heterocycles. The maximum absolute atomic E-state index is 13.3. The molecule has 0 unspecified atom stereocenters. The Bertz CT molecular complexity index is 566. The highest BCUT2D eigenvalue weighted by atomic mass is 19.1. The fraction of sp³-hybridized carbons (Fsp3) is 0.0833. The van der Waals surface area contributed by atoms with Crippen LogP contribution in [0.2, 0.25) is 0 Å². The monoisotopic (exact) mass is 229 g/mol. The van der Waals surface area contributed by atoms with E-state index >= 15 is 0 Å². The van der Waals surface area contributed by atoms with Crippen LogP contribution in [0.3, 0.4) is 0 Å². The van der Waals surface area contributed by atoms with E-state index in [1.807, 2.05) is 6.07 Å². The molecule has 1 heterocycles. The predicted octanol–water partition coefficient (Wildman–Crippen LogP) is 2.07. The third kappa shape index (κ3) is 2.55. The van der Waals surface area contributed by atoms with Gasteiger partial charge in [0.2, 0.25) is 0 Å². The molecule has 0 bridgehead atoms. The molecule has 0 fully saturated rings. The van der Waals surface area contributed by atoms with E-state index in [0.29, 0.717) is 5.56 Å². The van der Waals surface area contributed by atoms with E-state index in [0.717, 1.165) is 0 Å². The maximum Gasteiger partial charge on any atom is 0.251 e. The topological polar surface area (TPSA) is 58.8 Å². The minimum atomic E-state index is -0.352. The molecule has 2 aromatic rings. The van der Waals surface area contributed by atoms with Gasteiger partial charge in [-0.25, -0.2) is 4.39 Å².